The number of hydrogen-bond donors (Lipinski definition) is 0. The average molecular weight is 388 g/mol. The lowest BCUT2D eigenvalue weighted by Crippen LogP contribution is -2.33. The summed E-state index contributed by atoms with van der Waals surface area (Å²) in [5.74, 6) is 0.0173. The van der Waals surface area contributed by atoms with Crippen molar-refractivity contribution in [1.29, 1.82) is 0 Å². The third-order valence-electron chi connectivity index (χ3n) is 4.78. The number of methoxy groups -OCH3 is 1. The molecule has 0 spiro atoms. The fourth-order valence-corrected chi connectivity index (χ4v) is 4.48. The first-order valence-electron chi connectivity index (χ1n) is 9.13. The summed E-state index contributed by atoms with van der Waals surface area (Å²) in [6, 6.07) is 9.71. The Labute approximate surface area is 163 Å². The number of thiophene rings is 1. The van der Waals surface area contributed by atoms with E-state index in [0.29, 0.717) is 11.4 Å². The topological polar surface area (TPSA) is 62.7 Å². The van der Waals surface area contributed by atoms with Gasteiger partial charge in [0.05, 0.1) is 10.9 Å². The highest BCUT2D eigenvalue weighted by atomic mass is 32.1. The van der Waals surface area contributed by atoms with Gasteiger partial charge in [0.15, 0.2) is 0 Å². The van der Waals surface area contributed by atoms with Crippen LogP contribution in [0.2, 0.25) is 0 Å². The maximum atomic E-state index is 12.7. The molecule has 7 heteroatoms. The van der Waals surface area contributed by atoms with E-state index in [2.05, 4.69) is 4.98 Å². The van der Waals surface area contributed by atoms with Gasteiger partial charge >= 0.3 is 0 Å². The van der Waals surface area contributed by atoms with E-state index in [1.807, 2.05) is 42.3 Å². The fraction of sp³-hybridized carbons (Fsp3) is 0.450. The minimum absolute atomic E-state index is 0.00811. The van der Waals surface area contributed by atoms with Crippen molar-refractivity contribution in [2.45, 2.75) is 25.3 Å². The zero-order valence-electron chi connectivity index (χ0n) is 15.8. The Bertz CT molecular complexity index is 778. The van der Waals surface area contributed by atoms with Crippen molar-refractivity contribution >= 4 is 23.2 Å². The van der Waals surface area contributed by atoms with Crippen molar-refractivity contribution in [2.24, 2.45) is 0 Å². The van der Waals surface area contributed by atoms with Crippen molar-refractivity contribution in [3.63, 3.8) is 0 Å². The lowest BCUT2D eigenvalue weighted by Gasteiger charge is -2.23. The van der Waals surface area contributed by atoms with Gasteiger partial charge in [0.2, 0.25) is 5.91 Å². The quantitative estimate of drug-likeness (QED) is 0.733. The van der Waals surface area contributed by atoms with Crippen molar-refractivity contribution < 1.29 is 14.3 Å². The Morgan fingerprint density at radius 3 is 2.93 bits per heavy atom. The number of aromatic nitrogens is 1. The van der Waals surface area contributed by atoms with Crippen LogP contribution in [0.25, 0.3) is 0 Å². The maximum Gasteiger partial charge on any atom is 0.263 e. The second-order valence-corrected chi connectivity index (χ2v) is 7.79. The Kier molecular flexibility index (Phi) is 6.58. The fourth-order valence-electron chi connectivity index (χ4n) is 3.33. The molecular formula is C20H25N3O3S. The number of pyridine rings is 1. The molecule has 0 aromatic carbocycles. The highest BCUT2D eigenvalue weighted by molar-refractivity contribution is 7.14. The van der Waals surface area contributed by atoms with E-state index in [1.54, 1.807) is 11.1 Å². The van der Waals surface area contributed by atoms with Crippen molar-refractivity contribution in [3.8, 4) is 0 Å². The van der Waals surface area contributed by atoms with E-state index in [4.69, 9.17) is 4.74 Å². The lowest BCUT2D eigenvalue weighted by atomic mass is 10.2. The van der Waals surface area contributed by atoms with Gasteiger partial charge in [-0.3, -0.25) is 14.6 Å². The van der Waals surface area contributed by atoms with Crippen LogP contribution in [0.3, 0.4) is 0 Å². The standard InChI is InChI=1S/C20H25N3O3S/c1-22(13-10-15-6-3-4-11-21-15)20(25)18-9-8-17(27-18)16-7-5-12-23(16)19(24)14-26-2/h3-4,6,8-9,11,16H,5,7,10,12-14H2,1-2H3/t16-/m1/s1. The summed E-state index contributed by atoms with van der Waals surface area (Å²) < 4.78 is 4.98. The van der Waals surface area contributed by atoms with Crippen molar-refractivity contribution in [1.82, 2.24) is 14.8 Å². The first-order valence-corrected chi connectivity index (χ1v) is 9.95. The van der Waals surface area contributed by atoms with Crippen LogP contribution >= 0.6 is 11.3 Å². The molecule has 3 rings (SSSR count). The molecule has 1 fully saturated rings. The molecule has 0 bridgehead atoms. The highest BCUT2D eigenvalue weighted by Gasteiger charge is 2.31. The molecule has 0 unspecified atom stereocenters. The Morgan fingerprint density at radius 1 is 1.33 bits per heavy atom. The molecule has 6 nitrogen and oxygen atoms in total. The molecule has 2 amide bonds. The smallest absolute Gasteiger partial charge is 0.263 e. The molecule has 1 atom stereocenters. The van der Waals surface area contributed by atoms with Gasteiger partial charge in [-0.15, -0.1) is 11.3 Å². The molecule has 27 heavy (non-hydrogen) atoms. The molecule has 3 heterocycles. The zero-order valence-corrected chi connectivity index (χ0v) is 16.6. The minimum atomic E-state index is 0.00811. The van der Waals surface area contributed by atoms with Gasteiger partial charge in [-0.05, 0) is 37.1 Å². The number of carbonyl (C=O) groups excluding carboxylic acids is 2. The monoisotopic (exact) mass is 387 g/mol. The van der Waals surface area contributed by atoms with Crippen LogP contribution in [0.15, 0.2) is 36.5 Å². The van der Waals surface area contributed by atoms with E-state index >= 15 is 0 Å². The van der Waals surface area contributed by atoms with Crippen LogP contribution in [0.1, 0.15) is 39.1 Å². The van der Waals surface area contributed by atoms with E-state index in [9.17, 15) is 9.59 Å². The van der Waals surface area contributed by atoms with E-state index in [0.717, 1.165) is 36.4 Å². The zero-order chi connectivity index (χ0) is 19.2. The summed E-state index contributed by atoms with van der Waals surface area (Å²) in [6.07, 6.45) is 4.40. The molecule has 0 saturated carbocycles. The van der Waals surface area contributed by atoms with Gasteiger partial charge in [-0.2, -0.15) is 0 Å². The van der Waals surface area contributed by atoms with Gasteiger partial charge < -0.3 is 14.5 Å². The summed E-state index contributed by atoms with van der Waals surface area (Å²) in [5.41, 5.74) is 0.974. The number of nitrogens with zero attached hydrogens (tertiary/aromatic N) is 3. The number of carbonyl (C=O) groups is 2. The molecule has 0 N–H and O–H groups in total. The van der Waals surface area contributed by atoms with E-state index in [-0.39, 0.29) is 24.5 Å². The van der Waals surface area contributed by atoms with Gasteiger partial charge in [0, 0.05) is 50.4 Å². The average Bonchev–Trinajstić information content (AvgIpc) is 3.35. The van der Waals surface area contributed by atoms with Crippen LogP contribution in [0, 0.1) is 0 Å². The molecule has 2 aromatic heterocycles. The summed E-state index contributed by atoms with van der Waals surface area (Å²) in [6.45, 7) is 1.47. The second kappa shape index (κ2) is 9.10. The summed E-state index contributed by atoms with van der Waals surface area (Å²) in [4.78, 5) is 34.6. The van der Waals surface area contributed by atoms with Gasteiger partial charge in [-0.25, -0.2) is 0 Å². The SMILES string of the molecule is COCC(=O)N1CCC[C@@H]1c1ccc(C(=O)N(C)CCc2ccccn2)s1. The molecule has 0 radical (unpaired) electrons. The summed E-state index contributed by atoms with van der Waals surface area (Å²) in [5, 5.41) is 0. The molecule has 144 valence electrons. The first kappa shape index (κ1) is 19.5. The summed E-state index contributed by atoms with van der Waals surface area (Å²) in [7, 11) is 3.35. The molecule has 2 aromatic rings. The van der Waals surface area contributed by atoms with E-state index < -0.39 is 0 Å². The van der Waals surface area contributed by atoms with Crippen LogP contribution in [-0.2, 0) is 16.0 Å². The molecule has 1 saturated heterocycles. The third-order valence-corrected chi connectivity index (χ3v) is 5.96. The number of likely N-dealkylation sites (tertiary alicyclic amines) is 1. The highest BCUT2D eigenvalue weighted by Crippen LogP contribution is 2.36. The maximum absolute atomic E-state index is 12.7. The largest absolute Gasteiger partial charge is 0.375 e. The minimum Gasteiger partial charge on any atom is -0.375 e. The molecule has 1 aliphatic rings. The summed E-state index contributed by atoms with van der Waals surface area (Å²) >= 11 is 1.49. The second-order valence-electron chi connectivity index (χ2n) is 6.68. The van der Waals surface area contributed by atoms with E-state index in [1.165, 1.54) is 18.4 Å². The van der Waals surface area contributed by atoms with Crippen LogP contribution in [-0.4, -0.2) is 60.5 Å². The number of ether oxygens (including phenoxy) is 1. The Balaban J connectivity index is 1.62. The number of amides is 2. The number of likely N-dealkylation sites (N-methyl/N-ethyl adjacent to an activating group) is 1. The molecular weight excluding hydrogens is 362 g/mol. The predicted molar refractivity (Wildman–Crippen MR) is 105 cm³/mol. The van der Waals surface area contributed by atoms with Gasteiger partial charge in [0.1, 0.15) is 6.61 Å². The first-order chi connectivity index (χ1) is 13.1. The van der Waals surface area contributed by atoms with Gasteiger partial charge in [-0.1, -0.05) is 6.07 Å². The normalized spacial score (nSPS) is 16.5. The Morgan fingerprint density at radius 2 is 2.19 bits per heavy atom. The predicted octanol–water partition coefficient (Wildman–Crippen LogP) is 2.77. The number of rotatable bonds is 7. The molecule has 0 aliphatic carbocycles. The molecule has 1 aliphatic heterocycles. The number of hydrogen-bond acceptors (Lipinski definition) is 5. The third kappa shape index (κ3) is 4.73. The van der Waals surface area contributed by atoms with Crippen molar-refractivity contribution in [2.75, 3.05) is 33.9 Å². The van der Waals surface area contributed by atoms with Crippen LogP contribution in [0.4, 0.5) is 0 Å². The van der Waals surface area contributed by atoms with Crippen LogP contribution < -0.4 is 0 Å². The van der Waals surface area contributed by atoms with Crippen LogP contribution in [0.5, 0.6) is 0 Å². The van der Waals surface area contributed by atoms with Crippen molar-refractivity contribution in [3.05, 3.63) is 52.0 Å². The van der Waals surface area contributed by atoms with Gasteiger partial charge in [0.25, 0.3) is 5.91 Å². The lowest BCUT2D eigenvalue weighted by molar-refractivity contribution is -0.136. The Hall–Kier alpha value is -2.25.